The molecule has 57 heavy (non-hydrogen) atoms. The lowest BCUT2D eigenvalue weighted by molar-refractivity contribution is 1.16. The lowest BCUT2D eigenvalue weighted by Crippen LogP contribution is -1.98. The van der Waals surface area contributed by atoms with Crippen molar-refractivity contribution in [3.63, 3.8) is 0 Å². The van der Waals surface area contributed by atoms with Crippen LogP contribution in [0.25, 0.3) is 105 Å². The normalized spacial score (nSPS) is 20.5. The summed E-state index contributed by atoms with van der Waals surface area (Å²) in [5.41, 5.74) is -11.5. The molecule has 3 aromatic heterocycles. The Morgan fingerprint density at radius 2 is 0.702 bits per heavy atom. The Labute approximate surface area is 378 Å². The SMILES string of the molecule is [2H]c1c([2H])c([2H])c(-c2c([2H])c(-c3c([2H])c([2H])c([2H])c([2H])c3[2H])c([2H])c(-n3c4c([2H])c([2H])c([2H])c([2H])c4c4c([2H])c(-n5c6c([2H])c([2H])c([2H])c([2H])c6c6c(-n7c8c([2H])c([2H])c([2H])c([2H])c8c8c([2H])c([2H])c([2H])c([2H])c87)c([2H])c([2H])c([2H])c65)c([2H])c([2H])c43)c2[2H])c([2H])c1[2H]. The first-order valence-corrected chi connectivity index (χ1v) is 16.8. The number of rotatable bonds is 5. The van der Waals surface area contributed by atoms with E-state index in [1.54, 1.807) is 0 Å². The number of para-hydroxylation sites is 4. The quantitative estimate of drug-likeness (QED) is 0.166. The second-order valence-corrected chi connectivity index (χ2v) is 12.3. The molecule has 0 N–H and O–H groups in total. The van der Waals surface area contributed by atoms with E-state index in [1.807, 2.05) is 0 Å². The molecule has 12 aromatic rings. The molecule has 9 aromatic carbocycles. The fraction of sp³-hybridized carbons (Fsp3) is 0. The Morgan fingerprint density at radius 1 is 0.263 bits per heavy atom. The van der Waals surface area contributed by atoms with Crippen LogP contribution in [0.15, 0.2) is 211 Å². The summed E-state index contributed by atoms with van der Waals surface area (Å²) in [5.74, 6) is 0. The van der Waals surface area contributed by atoms with Crippen molar-refractivity contribution in [2.45, 2.75) is 0 Å². The molecule has 0 amide bonds. The van der Waals surface area contributed by atoms with Gasteiger partial charge in [-0.05, 0) is 94.8 Å². The standard InChI is InChI=1S/C54H35N3/c1-3-16-36(17-4-1)38-32-39(37-18-5-2-6-19-37)34-41(33-38)56-47-24-11-9-22-44(47)46-35-40(30-31-51(46)56)55-50-27-14-10-23-45(50)54-52(55)28-15-29-53(54)57-48-25-12-7-20-42(48)43-21-8-13-26-49(43)57/h1-35H/i1D,2D,3D,4D,5D,6D,7D,8D,9D,10D,11D,12D,13D,14D,15D,16D,17D,18D,19D,20D,21D,22D,23D,24D,25D,26D,27D,28D,29D,30D,31D,32D,33D,34D,35D. The van der Waals surface area contributed by atoms with Gasteiger partial charge in [0.25, 0.3) is 0 Å². The molecular formula is C54H35N3. The highest BCUT2D eigenvalue weighted by molar-refractivity contribution is 6.17. The zero-order valence-electron chi connectivity index (χ0n) is 63.3. The van der Waals surface area contributed by atoms with Gasteiger partial charge in [0.05, 0.1) is 86.8 Å². The van der Waals surface area contributed by atoms with E-state index >= 15 is 0 Å². The van der Waals surface area contributed by atoms with Gasteiger partial charge in [-0.2, -0.15) is 0 Å². The van der Waals surface area contributed by atoms with Gasteiger partial charge in [0.1, 0.15) is 0 Å². The summed E-state index contributed by atoms with van der Waals surface area (Å²) in [6.45, 7) is 0. The fourth-order valence-electron chi connectivity index (χ4n) is 7.00. The zero-order chi connectivity index (χ0) is 67.9. The topological polar surface area (TPSA) is 14.8 Å². The highest BCUT2D eigenvalue weighted by atomic mass is 15.0. The van der Waals surface area contributed by atoms with Crippen LogP contribution >= 0.6 is 0 Å². The van der Waals surface area contributed by atoms with Crippen molar-refractivity contribution < 1.29 is 48.0 Å². The second kappa shape index (κ2) is 12.5. The minimum Gasteiger partial charge on any atom is -0.309 e. The Balaban J connectivity index is 1.36. The molecular weight excluding hydrogens is 691 g/mol. The predicted octanol–water partition coefficient (Wildman–Crippen LogP) is 14.3. The number of benzene rings is 9. The van der Waals surface area contributed by atoms with E-state index in [1.165, 1.54) is 0 Å². The maximum Gasteiger partial charge on any atom is 0.0652 e. The molecule has 0 spiro atoms. The minimum atomic E-state index is -1.23. The first-order valence-electron chi connectivity index (χ1n) is 34.3. The maximum atomic E-state index is 10.3. The summed E-state index contributed by atoms with van der Waals surface area (Å²) in [6, 6.07) is -36.3. The van der Waals surface area contributed by atoms with Crippen molar-refractivity contribution in [1.82, 2.24) is 13.7 Å². The average molecular weight is 761 g/mol. The molecule has 12 rings (SSSR count). The van der Waals surface area contributed by atoms with Crippen molar-refractivity contribution in [3.8, 4) is 39.3 Å². The second-order valence-electron chi connectivity index (χ2n) is 12.3. The van der Waals surface area contributed by atoms with Crippen molar-refractivity contribution in [3.05, 3.63) is 211 Å². The predicted molar refractivity (Wildman–Crippen MR) is 240 cm³/mol. The van der Waals surface area contributed by atoms with Gasteiger partial charge in [-0.25, -0.2) is 0 Å². The van der Waals surface area contributed by atoms with E-state index in [0.29, 0.717) is 9.13 Å². The zero-order valence-corrected chi connectivity index (χ0v) is 28.3. The van der Waals surface area contributed by atoms with E-state index in [-0.39, 0.29) is 0 Å². The van der Waals surface area contributed by atoms with Crippen LogP contribution in [0.5, 0.6) is 0 Å². The Kier molecular flexibility index (Phi) is 2.78. The highest BCUT2D eigenvalue weighted by Crippen LogP contribution is 2.42. The van der Waals surface area contributed by atoms with Crippen LogP contribution in [0.4, 0.5) is 0 Å². The van der Waals surface area contributed by atoms with Gasteiger partial charge in [0.2, 0.25) is 0 Å². The minimum absolute atomic E-state index is 0.547. The Hall–Kier alpha value is -7.62. The van der Waals surface area contributed by atoms with Crippen molar-refractivity contribution >= 4 is 65.4 Å². The van der Waals surface area contributed by atoms with Gasteiger partial charge in [-0.15, -0.1) is 0 Å². The Morgan fingerprint density at radius 3 is 1.30 bits per heavy atom. The van der Waals surface area contributed by atoms with Gasteiger partial charge < -0.3 is 13.7 Å². The van der Waals surface area contributed by atoms with Gasteiger partial charge in [0.15, 0.2) is 0 Å². The smallest absolute Gasteiger partial charge is 0.0652 e. The Bertz CT molecular complexity index is 5350. The summed E-state index contributed by atoms with van der Waals surface area (Å²) in [4.78, 5) is 0. The van der Waals surface area contributed by atoms with Gasteiger partial charge in [-0.3, -0.25) is 0 Å². The van der Waals surface area contributed by atoms with Gasteiger partial charge in [0, 0.05) is 43.7 Å². The van der Waals surface area contributed by atoms with Crippen LogP contribution in [0, 0.1) is 0 Å². The molecule has 0 aliphatic rings. The van der Waals surface area contributed by atoms with Crippen LogP contribution < -0.4 is 0 Å². The summed E-state index contributed by atoms with van der Waals surface area (Å²) < 4.78 is 323. The van der Waals surface area contributed by atoms with E-state index in [9.17, 15) is 20.6 Å². The molecule has 0 bridgehead atoms. The third kappa shape index (κ3) is 4.79. The molecule has 0 aliphatic carbocycles. The lowest BCUT2D eigenvalue weighted by atomic mass is 9.98. The number of fused-ring (bicyclic) bond motifs is 9. The number of hydrogen-bond acceptors (Lipinski definition) is 0. The van der Waals surface area contributed by atoms with E-state index in [4.69, 9.17) is 27.4 Å². The monoisotopic (exact) mass is 761 g/mol. The van der Waals surface area contributed by atoms with Crippen molar-refractivity contribution in [2.24, 2.45) is 0 Å². The number of nitrogens with zero attached hydrogens (tertiary/aromatic N) is 3. The van der Waals surface area contributed by atoms with E-state index in [2.05, 4.69) is 0 Å². The molecule has 0 saturated carbocycles. The summed E-state index contributed by atoms with van der Waals surface area (Å²) in [6.07, 6.45) is 0. The first kappa shape index (κ1) is 12.7. The molecule has 3 heterocycles. The molecule has 0 atom stereocenters. The van der Waals surface area contributed by atoms with Crippen LogP contribution in [0.3, 0.4) is 0 Å². The third-order valence-electron chi connectivity index (χ3n) is 9.29. The van der Waals surface area contributed by atoms with Gasteiger partial charge in [-0.1, -0.05) is 139 Å². The molecule has 0 radical (unpaired) electrons. The van der Waals surface area contributed by atoms with Crippen molar-refractivity contribution in [1.29, 1.82) is 0 Å². The van der Waals surface area contributed by atoms with Crippen LogP contribution in [-0.2, 0) is 0 Å². The highest BCUT2D eigenvalue weighted by Gasteiger charge is 2.21. The van der Waals surface area contributed by atoms with Gasteiger partial charge >= 0.3 is 0 Å². The van der Waals surface area contributed by atoms with Crippen molar-refractivity contribution in [2.75, 3.05) is 0 Å². The van der Waals surface area contributed by atoms with E-state index < -0.39 is 316 Å². The maximum absolute atomic E-state index is 10.3. The summed E-state index contributed by atoms with van der Waals surface area (Å²) >= 11 is 0. The fourth-order valence-corrected chi connectivity index (χ4v) is 7.00. The molecule has 0 aliphatic heterocycles. The third-order valence-corrected chi connectivity index (χ3v) is 9.29. The summed E-state index contributed by atoms with van der Waals surface area (Å²) in [5, 5.41) is -4.14. The molecule has 0 saturated heterocycles. The first-order chi connectivity index (χ1) is 42.9. The average Bonchev–Trinajstić information content (AvgIpc) is 1.12. The van der Waals surface area contributed by atoms with Crippen LogP contribution in [0.1, 0.15) is 48.0 Å². The molecule has 0 fully saturated rings. The molecule has 3 heteroatoms. The number of hydrogen-bond donors (Lipinski definition) is 0. The molecule has 0 unspecified atom stereocenters. The summed E-state index contributed by atoms with van der Waals surface area (Å²) in [7, 11) is 0. The molecule has 266 valence electrons. The van der Waals surface area contributed by atoms with Crippen LogP contribution in [-0.4, -0.2) is 13.7 Å². The lowest BCUT2D eigenvalue weighted by Gasteiger charge is -2.14. The largest absolute Gasteiger partial charge is 0.309 e. The molecule has 3 nitrogen and oxygen atoms in total. The number of aromatic nitrogens is 3. The van der Waals surface area contributed by atoms with E-state index in [0.717, 1.165) is 4.57 Å². The van der Waals surface area contributed by atoms with Crippen LogP contribution in [0.2, 0.25) is 0 Å².